The molecule has 0 bridgehead atoms. The molecule has 0 saturated carbocycles. The molecule has 1 atom stereocenters. The molecule has 0 aromatic heterocycles. The molecular formula is C16H20N2O4. The predicted octanol–water partition coefficient (Wildman–Crippen LogP) is 2.94. The van der Waals surface area contributed by atoms with Gasteiger partial charge in [-0.2, -0.15) is 5.26 Å². The molecule has 6 nitrogen and oxygen atoms in total. The zero-order valence-electron chi connectivity index (χ0n) is 13.2. The lowest BCUT2D eigenvalue weighted by molar-refractivity contribution is -0.138. The van der Waals surface area contributed by atoms with Crippen LogP contribution in [0.5, 0.6) is 0 Å². The Morgan fingerprint density at radius 1 is 1.32 bits per heavy atom. The summed E-state index contributed by atoms with van der Waals surface area (Å²) < 4.78 is 5.27. The smallest absolute Gasteiger partial charge is 0.410 e. The largest absolute Gasteiger partial charge is 0.481 e. The lowest BCUT2D eigenvalue weighted by Crippen LogP contribution is -2.37. The van der Waals surface area contributed by atoms with Crippen molar-refractivity contribution in [1.82, 2.24) is 4.90 Å². The number of carbonyl (C=O) groups excluding carboxylic acids is 1. The Labute approximate surface area is 129 Å². The van der Waals surface area contributed by atoms with Gasteiger partial charge in [0.15, 0.2) is 0 Å². The second kappa shape index (κ2) is 6.94. The molecule has 0 heterocycles. The summed E-state index contributed by atoms with van der Waals surface area (Å²) in [6.45, 7) is 5.23. The molecule has 1 amide bonds. The van der Waals surface area contributed by atoms with Gasteiger partial charge < -0.3 is 14.7 Å². The third-order valence-corrected chi connectivity index (χ3v) is 2.94. The number of rotatable bonds is 4. The van der Waals surface area contributed by atoms with Crippen LogP contribution in [0.25, 0.3) is 0 Å². The number of aliphatic carboxylic acids is 1. The first-order valence-corrected chi connectivity index (χ1v) is 6.81. The highest BCUT2D eigenvalue weighted by atomic mass is 16.6. The zero-order chi connectivity index (χ0) is 16.9. The fourth-order valence-electron chi connectivity index (χ4n) is 1.88. The van der Waals surface area contributed by atoms with Crippen LogP contribution in [-0.4, -0.2) is 34.7 Å². The van der Waals surface area contributed by atoms with Crippen LogP contribution in [0.15, 0.2) is 24.3 Å². The van der Waals surface area contributed by atoms with E-state index in [4.69, 9.17) is 15.1 Å². The number of benzene rings is 1. The Balaban J connectivity index is 3.03. The number of carbonyl (C=O) groups is 2. The number of nitrogens with zero attached hydrogens (tertiary/aromatic N) is 2. The van der Waals surface area contributed by atoms with Crippen molar-refractivity contribution in [2.24, 2.45) is 0 Å². The van der Waals surface area contributed by atoms with Crippen LogP contribution in [0.2, 0.25) is 0 Å². The summed E-state index contributed by atoms with van der Waals surface area (Å²) >= 11 is 0. The Kier molecular flexibility index (Phi) is 5.52. The minimum atomic E-state index is -1.02. The highest BCUT2D eigenvalue weighted by molar-refractivity contribution is 5.72. The lowest BCUT2D eigenvalue weighted by atomic mass is 10.0. The van der Waals surface area contributed by atoms with E-state index >= 15 is 0 Å². The number of hydrogen-bond acceptors (Lipinski definition) is 4. The maximum absolute atomic E-state index is 12.1. The summed E-state index contributed by atoms with van der Waals surface area (Å²) in [6.07, 6.45) is -0.843. The van der Waals surface area contributed by atoms with Gasteiger partial charge in [0.1, 0.15) is 5.60 Å². The SMILES string of the molecule is CN(C(=O)OC(C)(C)C)[C@H](CC(=O)O)c1ccc(C#N)cc1. The average molecular weight is 304 g/mol. The normalized spacial score (nSPS) is 12.1. The molecule has 0 unspecified atom stereocenters. The predicted molar refractivity (Wildman–Crippen MR) is 80.1 cm³/mol. The van der Waals surface area contributed by atoms with Gasteiger partial charge in [-0.15, -0.1) is 0 Å². The molecule has 0 aliphatic rings. The molecule has 0 aliphatic carbocycles. The third kappa shape index (κ3) is 5.09. The van der Waals surface area contributed by atoms with Crippen molar-refractivity contribution in [2.45, 2.75) is 38.8 Å². The summed E-state index contributed by atoms with van der Waals surface area (Å²) in [4.78, 5) is 24.5. The van der Waals surface area contributed by atoms with E-state index in [0.717, 1.165) is 0 Å². The van der Waals surface area contributed by atoms with Crippen LogP contribution in [0.4, 0.5) is 4.79 Å². The zero-order valence-corrected chi connectivity index (χ0v) is 13.2. The lowest BCUT2D eigenvalue weighted by Gasteiger charge is -2.30. The van der Waals surface area contributed by atoms with Gasteiger partial charge in [-0.3, -0.25) is 4.79 Å². The second-order valence-electron chi connectivity index (χ2n) is 5.94. The van der Waals surface area contributed by atoms with Crippen LogP contribution in [0.1, 0.15) is 44.4 Å². The first-order valence-electron chi connectivity index (χ1n) is 6.81. The molecule has 1 rings (SSSR count). The van der Waals surface area contributed by atoms with Gasteiger partial charge in [0.2, 0.25) is 0 Å². The summed E-state index contributed by atoms with van der Waals surface area (Å²) in [5.41, 5.74) is 0.441. The monoisotopic (exact) mass is 304 g/mol. The molecular weight excluding hydrogens is 284 g/mol. The fourth-order valence-corrected chi connectivity index (χ4v) is 1.88. The Morgan fingerprint density at radius 2 is 1.86 bits per heavy atom. The van der Waals surface area contributed by atoms with E-state index in [1.165, 1.54) is 11.9 Å². The number of ether oxygens (including phenoxy) is 1. The molecule has 118 valence electrons. The number of amides is 1. The fraction of sp³-hybridized carbons (Fsp3) is 0.438. The van der Waals surface area contributed by atoms with Crippen LogP contribution >= 0.6 is 0 Å². The highest BCUT2D eigenvalue weighted by Crippen LogP contribution is 2.25. The standard InChI is InChI=1S/C16H20N2O4/c1-16(2,3)22-15(21)18(4)13(9-14(19)20)12-7-5-11(10-17)6-8-12/h5-8,13H,9H2,1-4H3,(H,19,20)/t13-/m1/s1. The summed E-state index contributed by atoms with van der Waals surface area (Å²) in [5.74, 6) is -1.02. The van der Waals surface area contributed by atoms with Crippen molar-refractivity contribution in [3.05, 3.63) is 35.4 Å². The molecule has 0 aliphatic heterocycles. The van der Waals surface area contributed by atoms with Gasteiger partial charge in [0.25, 0.3) is 0 Å². The summed E-state index contributed by atoms with van der Waals surface area (Å²) in [7, 11) is 1.50. The topological polar surface area (TPSA) is 90.6 Å². The molecule has 0 fully saturated rings. The van der Waals surface area contributed by atoms with Crippen molar-refractivity contribution in [3.63, 3.8) is 0 Å². The van der Waals surface area contributed by atoms with Gasteiger partial charge in [-0.1, -0.05) is 12.1 Å². The van der Waals surface area contributed by atoms with Crippen molar-refractivity contribution >= 4 is 12.1 Å². The van der Waals surface area contributed by atoms with E-state index in [1.807, 2.05) is 6.07 Å². The number of carboxylic acid groups (broad SMARTS) is 1. The minimum Gasteiger partial charge on any atom is -0.481 e. The van der Waals surface area contributed by atoms with Crippen molar-refractivity contribution in [3.8, 4) is 6.07 Å². The van der Waals surface area contributed by atoms with Crippen molar-refractivity contribution in [2.75, 3.05) is 7.05 Å². The maximum atomic E-state index is 12.1. The van der Waals surface area contributed by atoms with Gasteiger partial charge in [-0.25, -0.2) is 4.79 Å². The van der Waals surface area contributed by atoms with Gasteiger partial charge in [0.05, 0.1) is 24.1 Å². The molecule has 0 saturated heterocycles. The Hall–Kier alpha value is -2.55. The minimum absolute atomic E-state index is 0.248. The van der Waals surface area contributed by atoms with Crippen molar-refractivity contribution in [1.29, 1.82) is 5.26 Å². The Bertz CT molecular complexity index is 582. The van der Waals surface area contributed by atoms with E-state index in [9.17, 15) is 9.59 Å². The average Bonchev–Trinajstić information content (AvgIpc) is 2.42. The Morgan fingerprint density at radius 3 is 2.27 bits per heavy atom. The van der Waals surface area contributed by atoms with Crippen molar-refractivity contribution < 1.29 is 19.4 Å². The number of carboxylic acids is 1. The van der Waals surface area contributed by atoms with Crippen LogP contribution in [0.3, 0.4) is 0 Å². The van der Waals surface area contributed by atoms with E-state index in [1.54, 1.807) is 45.0 Å². The maximum Gasteiger partial charge on any atom is 0.410 e. The van der Waals surface area contributed by atoms with E-state index < -0.39 is 23.7 Å². The first-order chi connectivity index (χ1) is 10.1. The third-order valence-electron chi connectivity index (χ3n) is 2.94. The highest BCUT2D eigenvalue weighted by Gasteiger charge is 2.28. The van der Waals surface area contributed by atoms with Crippen LogP contribution < -0.4 is 0 Å². The summed E-state index contributed by atoms with van der Waals surface area (Å²) in [6, 6.07) is 7.80. The first kappa shape index (κ1) is 17.5. The quantitative estimate of drug-likeness (QED) is 0.923. The van der Waals surface area contributed by atoms with Gasteiger partial charge in [0, 0.05) is 7.05 Å². The van der Waals surface area contributed by atoms with E-state index in [-0.39, 0.29) is 6.42 Å². The number of nitriles is 1. The van der Waals surface area contributed by atoms with Crippen LogP contribution in [0, 0.1) is 11.3 Å². The van der Waals surface area contributed by atoms with Crippen LogP contribution in [-0.2, 0) is 9.53 Å². The molecule has 0 spiro atoms. The molecule has 1 N–H and O–H groups in total. The summed E-state index contributed by atoms with van der Waals surface area (Å²) in [5, 5.41) is 17.9. The van der Waals surface area contributed by atoms with E-state index in [0.29, 0.717) is 11.1 Å². The molecule has 6 heteroatoms. The molecule has 1 aromatic rings. The van der Waals surface area contributed by atoms with Gasteiger partial charge >= 0.3 is 12.1 Å². The number of hydrogen-bond donors (Lipinski definition) is 1. The van der Waals surface area contributed by atoms with Gasteiger partial charge in [-0.05, 0) is 38.5 Å². The second-order valence-corrected chi connectivity index (χ2v) is 5.94. The molecule has 22 heavy (non-hydrogen) atoms. The molecule has 1 aromatic carbocycles. The van der Waals surface area contributed by atoms with E-state index in [2.05, 4.69) is 0 Å². The molecule has 0 radical (unpaired) electrons.